The van der Waals surface area contributed by atoms with Crippen molar-refractivity contribution < 1.29 is 4.79 Å². The van der Waals surface area contributed by atoms with Gasteiger partial charge in [0.15, 0.2) is 4.67 Å². The maximum absolute atomic E-state index is 11.6. The lowest BCUT2D eigenvalue weighted by molar-refractivity contribution is 0.259. The van der Waals surface area contributed by atoms with Crippen molar-refractivity contribution in [2.45, 2.75) is 19.9 Å². The molecule has 5 nitrogen and oxygen atoms in total. The molecule has 1 heterocycles. The van der Waals surface area contributed by atoms with Crippen LogP contribution in [0.3, 0.4) is 0 Å². The Kier molecular flexibility index (Phi) is 4.25. The van der Waals surface area contributed by atoms with E-state index in [0.29, 0.717) is 4.67 Å². The Balaban J connectivity index is 2.05. The molecule has 2 aromatic rings. The second-order valence-corrected chi connectivity index (χ2v) is 4.68. The number of rotatable bonds is 3. The summed E-state index contributed by atoms with van der Waals surface area (Å²) >= 11 is 1.37. The SMILES string of the molecule is CCCn1ncc(=NC(=O)Nc2ccccc2)s1. The molecule has 1 aromatic carbocycles. The lowest BCUT2D eigenvalue weighted by Crippen LogP contribution is -2.10. The molecule has 18 heavy (non-hydrogen) atoms. The van der Waals surface area contributed by atoms with Gasteiger partial charge in [-0.3, -0.25) is 0 Å². The van der Waals surface area contributed by atoms with Crippen molar-refractivity contribution in [2.75, 3.05) is 5.32 Å². The van der Waals surface area contributed by atoms with E-state index >= 15 is 0 Å². The third kappa shape index (κ3) is 3.53. The van der Waals surface area contributed by atoms with Crippen molar-refractivity contribution >= 4 is 23.3 Å². The predicted molar refractivity (Wildman–Crippen MR) is 71.4 cm³/mol. The molecule has 1 N–H and O–H groups in total. The van der Waals surface area contributed by atoms with Gasteiger partial charge in [0.25, 0.3) is 0 Å². The van der Waals surface area contributed by atoms with Gasteiger partial charge >= 0.3 is 6.03 Å². The molecule has 2 rings (SSSR count). The highest BCUT2D eigenvalue weighted by molar-refractivity contribution is 7.03. The fourth-order valence-electron chi connectivity index (χ4n) is 1.39. The van der Waals surface area contributed by atoms with Crippen LogP contribution >= 0.6 is 11.5 Å². The summed E-state index contributed by atoms with van der Waals surface area (Å²) in [6, 6.07) is 8.86. The number of para-hydroxylation sites is 1. The third-order valence-corrected chi connectivity index (χ3v) is 3.02. The lowest BCUT2D eigenvalue weighted by atomic mass is 10.3. The minimum Gasteiger partial charge on any atom is -0.306 e. The van der Waals surface area contributed by atoms with Crippen LogP contribution in [0.4, 0.5) is 10.5 Å². The first kappa shape index (κ1) is 12.5. The maximum Gasteiger partial charge on any atom is 0.346 e. The molecule has 0 aliphatic heterocycles. The van der Waals surface area contributed by atoms with Crippen LogP contribution in [0.1, 0.15) is 13.3 Å². The Hall–Kier alpha value is -1.95. The summed E-state index contributed by atoms with van der Waals surface area (Å²) in [7, 11) is 0. The van der Waals surface area contributed by atoms with Crippen molar-refractivity contribution in [3.05, 3.63) is 41.2 Å². The number of aromatic nitrogens is 2. The lowest BCUT2D eigenvalue weighted by Gasteiger charge is -1.98. The fourth-order valence-corrected chi connectivity index (χ4v) is 2.19. The van der Waals surface area contributed by atoms with E-state index in [1.165, 1.54) is 11.5 Å². The Bertz CT molecular complexity index is 573. The largest absolute Gasteiger partial charge is 0.346 e. The maximum atomic E-state index is 11.6. The Morgan fingerprint density at radius 3 is 2.94 bits per heavy atom. The van der Waals surface area contributed by atoms with E-state index in [0.717, 1.165) is 18.7 Å². The average Bonchev–Trinajstić information content (AvgIpc) is 2.78. The second-order valence-electron chi connectivity index (χ2n) is 3.66. The van der Waals surface area contributed by atoms with Crippen LogP contribution in [0.2, 0.25) is 0 Å². The molecular weight excluding hydrogens is 248 g/mol. The van der Waals surface area contributed by atoms with E-state index in [9.17, 15) is 4.79 Å². The highest BCUT2D eigenvalue weighted by Gasteiger charge is 1.99. The van der Waals surface area contributed by atoms with Gasteiger partial charge in [0, 0.05) is 5.69 Å². The van der Waals surface area contributed by atoms with Crippen LogP contribution in [-0.2, 0) is 6.54 Å². The molecule has 1 aromatic heterocycles. The summed E-state index contributed by atoms with van der Waals surface area (Å²) in [6.45, 7) is 2.92. The standard InChI is InChI=1S/C12H14N4OS/c1-2-8-16-13-9-11(18-16)15-12(17)14-10-6-4-3-5-7-10/h3-7,9H,2,8H2,1H3,(H,14,17). The van der Waals surface area contributed by atoms with E-state index in [1.807, 2.05) is 34.4 Å². The van der Waals surface area contributed by atoms with Crippen molar-refractivity contribution in [3.63, 3.8) is 0 Å². The summed E-state index contributed by atoms with van der Waals surface area (Å²) in [5, 5.41) is 6.82. The molecule has 0 atom stereocenters. The Morgan fingerprint density at radius 2 is 2.22 bits per heavy atom. The first-order chi connectivity index (χ1) is 8.78. The van der Waals surface area contributed by atoms with Gasteiger partial charge in [0.05, 0.1) is 12.7 Å². The fraction of sp³-hybridized carbons (Fsp3) is 0.250. The number of anilines is 1. The molecule has 0 aliphatic carbocycles. The van der Waals surface area contributed by atoms with E-state index in [4.69, 9.17) is 0 Å². The van der Waals surface area contributed by atoms with E-state index in [2.05, 4.69) is 22.3 Å². The number of carbonyl (C=O) groups excluding carboxylic acids is 1. The molecule has 6 heteroatoms. The summed E-state index contributed by atoms with van der Waals surface area (Å²) in [5.41, 5.74) is 0.734. The molecule has 0 fully saturated rings. The molecule has 0 saturated heterocycles. The smallest absolute Gasteiger partial charge is 0.306 e. The minimum atomic E-state index is -0.381. The number of hydrogen-bond acceptors (Lipinski definition) is 3. The van der Waals surface area contributed by atoms with E-state index < -0.39 is 0 Å². The molecule has 0 saturated carbocycles. The summed E-state index contributed by atoms with van der Waals surface area (Å²) in [5.74, 6) is 0. The zero-order valence-corrected chi connectivity index (χ0v) is 10.9. The quantitative estimate of drug-likeness (QED) is 0.923. The van der Waals surface area contributed by atoms with E-state index in [1.54, 1.807) is 6.20 Å². The molecular formula is C12H14N4OS. The van der Waals surface area contributed by atoms with Gasteiger partial charge in [-0.1, -0.05) is 25.1 Å². The van der Waals surface area contributed by atoms with Crippen molar-refractivity contribution in [1.82, 2.24) is 9.17 Å². The van der Waals surface area contributed by atoms with Gasteiger partial charge in [-0.05, 0) is 30.1 Å². The first-order valence-electron chi connectivity index (χ1n) is 5.72. The molecule has 2 amide bonds. The number of nitrogens with one attached hydrogen (secondary N) is 1. The number of hydrogen-bond donors (Lipinski definition) is 1. The number of carbonyl (C=O) groups is 1. The minimum absolute atomic E-state index is 0.381. The second kappa shape index (κ2) is 6.11. The Morgan fingerprint density at radius 1 is 1.44 bits per heavy atom. The number of aryl methyl sites for hydroxylation is 1. The van der Waals surface area contributed by atoms with Gasteiger partial charge in [-0.2, -0.15) is 10.1 Å². The van der Waals surface area contributed by atoms with Crippen LogP contribution in [0.15, 0.2) is 41.5 Å². The van der Waals surface area contributed by atoms with Crippen molar-refractivity contribution in [2.24, 2.45) is 4.99 Å². The van der Waals surface area contributed by atoms with Crippen LogP contribution in [0, 0.1) is 0 Å². The average molecular weight is 262 g/mol. The van der Waals surface area contributed by atoms with Gasteiger partial charge in [-0.25, -0.2) is 8.87 Å². The van der Waals surface area contributed by atoms with Gasteiger partial charge < -0.3 is 5.32 Å². The first-order valence-corrected chi connectivity index (χ1v) is 6.49. The van der Waals surface area contributed by atoms with Crippen LogP contribution in [0.25, 0.3) is 0 Å². The summed E-state index contributed by atoms with van der Waals surface area (Å²) < 4.78 is 2.42. The van der Waals surface area contributed by atoms with Crippen LogP contribution < -0.4 is 9.99 Å². The highest BCUT2D eigenvalue weighted by Crippen LogP contribution is 2.04. The molecule has 0 aliphatic rings. The van der Waals surface area contributed by atoms with Crippen LogP contribution in [-0.4, -0.2) is 15.2 Å². The van der Waals surface area contributed by atoms with Crippen molar-refractivity contribution in [3.8, 4) is 0 Å². The third-order valence-electron chi connectivity index (χ3n) is 2.15. The monoisotopic (exact) mass is 262 g/mol. The summed E-state index contributed by atoms with van der Waals surface area (Å²) in [6.07, 6.45) is 2.61. The molecule has 0 spiro atoms. The van der Waals surface area contributed by atoms with Gasteiger partial charge in [0.1, 0.15) is 0 Å². The van der Waals surface area contributed by atoms with Crippen LogP contribution in [0.5, 0.6) is 0 Å². The predicted octanol–water partition coefficient (Wildman–Crippen LogP) is 2.49. The normalized spacial score (nSPS) is 11.5. The number of nitrogens with zero attached hydrogens (tertiary/aromatic N) is 3. The summed E-state index contributed by atoms with van der Waals surface area (Å²) in [4.78, 5) is 15.6. The van der Waals surface area contributed by atoms with E-state index in [-0.39, 0.29) is 6.03 Å². The van der Waals surface area contributed by atoms with Gasteiger partial charge in [-0.15, -0.1) is 0 Å². The van der Waals surface area contributed by atoms with Crippen molar-refractivity contribution in [1.29, 1.82) is 0 Å². The number of benzene rings is 1. The topological polar surface area (TPSA) is 59.3 Å². The number of amides is 2. The number of urea groups is 1. The highest BCUT2D eigenvalue weighted by atomic mass is 32.1. The van der Waals surface area contributed by atoms with Gasteiger partial charge in [0.2, 0.25) is 0 Å². The Labute approximate surface area is 109 Å². The zero-order valence-electron chi connectivity index (χ0n) is 10.0. The molecule has 94 valence electrons. The molecule has 0 radical (unpaired) electrons. The molecule has 0 unspecified atom stereocenters. The zero-order chi connectivity index (χ0) is 12.8. The molecule has 0 bridgehead atoms.